The van der Waals surface area contributed by atoms with Gasteiger partial charge >= 0.3 is 6.01 Å². The third-order valence-corrected chi connectivity index (χ3v) is 4.91. The maximum absolute atomic E-state index is 13.1. The number of nitrogens with zero attached hydrogens (tertiary/aromatic N) is 2. The topological polar surface area (TPSA) is 53.4 Å². The van der Waals surface area contributed by atoms with Gasteiger partial charge in [-0.15, -0.1) is 0 Å². The highest BCUT2D eigenvalue weighted by atomic mass is 19.1. The summed E-state index contributed by atoms with van der Waals surface area (Å²) >= 11 is 0. The maximum Gasteiger partial charge on any atom is 0.300 e. The zero-order valence-electron chi connectivity index (χ0n) is 17.3. The van der Waals surface area contributed by atoms with Gasteiger partial charge in [-0.05, 0) is 34.9 Å². The molecule has 5 nitrogen and oxygen atoms in total. The van der Waals surface area contributed by atoms with E-state index < -0.39 is 12.2 Å². The van der Waals surface area contributed by atoms with Crippen LogP contribution in [0.4, 0.5) is 4.39 Å². The molecule has 0 bridgehead atoms. The first-order valence-electron chi connectivity index (χ1n) is 9.64. The highest BCUT2D eigenvalue weighted by Gasteiger charge is 2.28. The molecular formula is C22H29FN2O3. The first kappa shape index (κ1) is 20.4. The van der Waals surface area contributed by atoms with Gasteiger partial charge in [-0.2, -0.15) is 4.98 Å². The summed E-state index contributed by atoms with van der Waals surface area (Å²) in [6, 6.07) is 9.51. The number of rotatable bonds is 6. The van der Waals surface area contributed by atoms with Crippen LogP contribution in [0.1, 0.15) is 52.3 Å². The van der Waals surface area contributed by atoms with Gasteiger partial charge < -0.3 is 9.47 Å². The number of fused-ring (bicyclic) bond motifs is 1. The molecule has 2 aromatic rings. The van der Waals surface area contributed by atoms with E-state index in [4.69, 9.17) is 9.47 Å². The molecule has 152 valence electrons. The molecule has 1 aliphatic rings. The molecule has 1 atom stereocenters. The second-order valence-corrected chi connectivity index (χ2v) is 9.31. The van der Waals surface area contributed by atoms with E-state index in [0.717, 1.165) is 12.2 Å². The SMILES string of the molecule is CC(C)(C)CC(C)(C)c1ccc(OC[C@@H]2Cn3c(CF)cc(=O)nc3O2)cc1. The highest BCUT2D eigenvalue weighted by Crippen LogP contribution is 2.36. The molecule has 0 aliphatic carbocycles. The van der Waals surface area contributed by atoms with Gasteiger partial charge in [0, 0.05) is 6.07 Å². The van der Waals surface area contributed by atoms with Gasteiger partial charge in [0.25, 0.3) is 5.56 Å². The van der Waals surface area contributed by atoms with Crippen molar-refractivity contribution in [2.45, 2.75) is 65.8 Å². The van der Waals surface area contributed by atoms with Crippen LogP contribution in [-0.4, -0.2) is 22.3 Å². The minimum atomic E-state index is -0.729. The summed E-state index contributed by atoms with van der Waals surface area (Å²) in [5.74, 6) is 0.753. The van der Waals surface area contributed by atoms with E-state index in [0.29, 0.717) is 13.2 Å². The van der Waals surface area contributed by atoms with E-state index in [1.54, 1.807) is 4.57 Å². The lowest BCUT2D eigenvalue weighted by Crippen LogP contribution is -2.25. The van der Waals surface area contributed by atoms with Gasteiger partial charge in [0.05, 0.1) is 12.2 Å². The quantitative estimate of drug-likeness (QED) is 0.742. The Bertz CT molecular complexity index is 882. The summed E-state index contributed by atoms with van der Waals surface area (Å²) in [6.07, 6.45) is 0.772. The van der Waals surface area contributed by atoms with Crippen molar-refractivity contribution < 1.29 is 13.9 Å². The number of alkyl halides is 1. The van der Waals surface area contributed by atoms with Gasteiger partial charge in [0.1, 0.15) is 19.0 Å². The Kier molecular flexibility index (Phi) is 5.50. The monoisotopic (exact) mass is 388 g/mol. The fourth-order valence-electron chi connectivity index (χ4n) is 4.02. The first-order chi connectivity index (χ1) is 13.1. The highest BCUT2D eigenvalue weighted by molar-refractivity contribution is 5.32. The summed E-state index contributed by atoms with van der Waals surface area (Å²) < 4.78 is 26.2. The first-order valence-corrected chi connectivity index (χ1v) is 9.64. The van der Waals surface area contributed by atoms with Crippen LogP contribution >= 0.6 is 0 Å². The summed E-state index contributed by atoms with van der Waals surface area (Å²) in [7, 11) is 0. The van der Waals surface area contributed by atoms with Crippen molar-refractivity contribution in [1.29, 1.82) is 0 Å². The zero-order chi connectivity index (χ0) is 20.5. The third-order valence-electron chi connectivity index (χ3n) is 4.91. The van der Waals surface area contributed by atoms with E-state index in [1.807, 2.05) is 12.1 Å². The lowest BCUT2D eigenvalue weighted by atomic mass is 9.72. The van der Waals surface area contributed by atoms with Crippen molar-refractivity contribution in [2.24, 2.45) is 5.41 Å². The number of aromatic nitrogens is 2. The fourth-order valence-corrected chi connectivity index (χ4v) is 4.02. The minimum absolute atomic E-state index is 0.0775. The third kappa shape index (κ3) is 4.72. The van der Waals surface area contributed by atoms with Crippen LogP contribution in [0.5, 0.6) is 11.8 Å². The number of ether oxygens (including phenoxy) is 2. The molecule has 0 N–H and O–H groups in total. The van der Waals surface area contributed by atoms with Gasteiger partial charge in [0.2, 0.25) is 0 Å². The van der Waals surface area contributed by atoms with Crippen LogP contribution in [0.3, 0.4) is 0 Å². The van der Waals surface area contributed by atoms with E-state index in [-0.39, 0.29) is 28.6 Å². The van der Waals surface area contributed by atoms with Gasteiger partial charge in [0.15, 0.2) is 6.10 Å². The smallest absolute Gasteiger partial charge is 0.300 e. The van der Waals surface area contributed by atoms with E-state index >= 15 is 0 Å². The summed E-state index contributed by atoms with van der Waals surface area (Å²) in [6.45, 7) is 11.3. The molecule has 1 aliphatic heterocycles. The molecule has 0 radical (unpaired) electrons. The molecule has 0 amide bonds. The second-order valence-electron chi connectivity index (χ2n) is 9.31. The molecule has 0 fully saturated rings. The molecule has 3 rings (SSSR count). The predicted molar refractivity (Wildman–Crippen MR) is 107 cm³/mol. The molecule has 1 aromatic heterocycles. The van der Waals surface area contributed by atoms with Crippen molar-refractivity contribution in [1.82, 2.24) is 9.55 Å². The van der Waals surface area contributed by atoms with E-state index in [2.05, 4.69) is 51.7 Å². The van der Waals surface area contributed by atoms with E-state index in [9.17, 15) is 9.18 Å². The molecule has 1 aromatic carbocycles. The van der Waals surface area contributed by atoms with Crippen molar-refractivity contribution in [2.75, 3.05) is 6.61 Å². The average molecular weight is 388 g/mol. The van der Waals surface area contributed by atoms with E-state index in [1.165, 1.54) is 11.6 Å². The van der Waals surface area contributed by atoms with Crippen molar-refractivity contribution >= 4 is 0 Å². The Hall–Kier alpha value is -2.37. The lowest BCUT2D eigenvalue weighted by molar-refractivity contribution is 0.143. The van der Waals surface area contributed by atoms with Crippen molar-refractivity contribution in [3.63, 3.8) is 0 Å². The summed E-state index contributed by atoms with van der Waals surface area (Å²) in [4.78, 5) is 15.3. The number of hydrogen-bond acceptors (Lipinski definition) is 4. The molecule has 6 heteroatoms. The fraction of sp³-hybridized carbons (Fsp3) is 0.545. The van der Waals surface area contributed by atoms with Gasteiger partial charge in [-0.3, -0.25) is 9.36 Å². The van der Waals surface area contributed by atoms with Gasteiger partial charge in [-0.1, -0.05) is 46.8 Å². The van der Waals surface area contributed by atoms with Gasteiger partial charge in [-0.25, -0.2) is 4.39 Å². The van der Waals surface area contributed by atoms with Crippen LogP contribution in [-0.2, 0) is 18.6 Å². The normalized spacial score (nSPS) is 16.6. The van der Waals surface area contributed by atoms with Crippen LogP contribution in [0.15, 0.2) is 35.1 Å². The molecule has 0 unspecified atom stereocenters. The number of benzene rings is 1. The Balaban J connectivity index is 1.61. The summed E-state index contributed by atoms with van der Waals surface area (Å²) in [5.41, 5.74) is 1.39. The Morgan fingerprint density at radius 3 is 2.50 bits per heavy atom. The van der Waals surface area contributed by atoms with Crippen LogP contribution in [0.25, 0.3) is 0 Å². The maximum atomic E-state index is 13.1. The number of hydrogen-bond donors (Lipinski definition) is 0. The van der Waals surface area contributed by atoms with Crippen LogP contribution < -0.4 is 15.0 Å². The molecule has 2 heterocycles. The average Bonchev–Trinajstić information content (AvgIpc) is 3.00. The molecule has 28 heavy (non-hydrogen) atoms. The molecular weight excluding hydrogens is 359 g/mol. The zero-order valence-corrected chi connectivity index (χ0v) is 17.3. The lowest BCUT2D eigenvalue weighted by Gasteiger charge is -2.33. The molecule has 0 spiro atoms. The predicted octanol–water partition coefficient (Wildman–Crippen LogP) is 4.27. The standard InChI is InChI=1S/C22H29FN2O3/c1-21(2,3)14-22(4,5)15-6-8-17(9-7-15)27-13-18-12-25-16(11-23)10-19(26)24-20(25)28-18/h6-10,18H,11-14H2,1-5H3/t18-/m0/s1. The van der Waals surface area contributed by atoms with Crippen molar-refractivity contribution in [3.05, 3.63) is 51.9 Å². The number of halogens is 1. The Labute approximate surface area is 165 Å². The largest absolute Gasteiger partial charge is 0.490 e. The second kappa shape index (κ2) is 7.57. The molecule has 0 saturated carbocycles. The Morgan fingerprint density at radius 2 is 1.89 bits per heavy atom. The minimum Gasteiger partial charge on any atom is -0.490 e. The van der Waals surface area contributed by atoms with Crippen LogP contribution in [0.2, 0.25) is 0 Å². The van der Waals surface area contributed by atoms with Crippen LogP contribution in [0, 0.1) is 5.41 Å². The Morgan fingerprint density at radius 1 is 1.21 bits per heavy atom. The summed E-state index contributed by atoms with van der Waals surface area (Å²) in [5, 5.41) is 0. The molecule has 0 saturated heterocycles. The van der Waals surface area contributed by atoms with Crippen molar-refractivity contribution in [3.8, 4) is 11.8 Å².